The topological polar surface area (TPSA) is 27.6 Å². The minimum Gasteiger partial charge on any atom is -0.366 e. The van der Waals surface area contributed by atoms with E-state index in [9.17, 15) is 0 Å². The van der Waals surface area contributed by atoms with Gasteiger partial charge in [-0.3, -0.25) is 0 Å². The van der Waals surface area contributed by atoms with Crippen LogP contribution in [0, 0.1) is 6.92 Å². The zero-order chi connectivity index (χ0) is 16.2. The summed E-state index contributed by atoms with van der Waals surface area (Å²) in [6.45, 7) is 5.21. The highest BCUT2D eigenvalue weighted by Crippen LogP contribution is 2.37. The molecule has 3 nitrogen and oxygen atoms in total. The second kappa shape index (κ2) is 6.86. The summed E-state index contributed by atoms with van der Waals surface area (Å²) in [5, 5.41) is 3.57. The SMILES string of the molecule is CCN(C)C=Nc1ccc(Nc2ccc(C)cc2)c2c1CCC2. The molecule has 0 saturated heterocycles. The average Bonchev–Trinajstić information content (AvgIpc) is 3.06. The Morgan fingerprint density at radius 3 is 2.57 bits per heavy atom. The summed E-state index contributed by atoms with van der Waals surface area (Å²) >= 11 is 0. The van der Waals surface area contributed by atoms with Crippen molar-refractivity contribution < 1.29 is 0 Å². The van der Waals surface area contributed by atoms with Crippen molar-refractivity contribution in [2.75, 3.05) is 18.9 Å². The highest BCUT2D eigenvalue weighted by molar-refractivity contribution is 5.73. The Morgan fingerprint density at radius 1 is 1.09 bits per heavy atom. The molecule has 0 bridgehead atoms. The van der Waals surface area contributed by atoms with Crippen LogP contribution in [0.4, 0.5) is 17.1 Å². The first-order chi connectivity index (χ1) is 11.2. The maximum Gasteiger partial charge on any atom is 0.0909 e. The van der Waals surface area contributed by atoms with Crippen LogP contribution in [0.25, 0.3) is 0 Å². The van der Waals surface area contributed by atoms with E-state index >= 15 is 0 Å². The predicted molar refractivity (Wildman–Crippen MR) is 99.4 cm³/mol. The molecule has 0 radical (unpaired) electrons. The molecule has 1 N–H and O–H groups in total. The maximum atomic E-state index is 4.68. The largest absolute Gasteiger partial charge is 0.366 e. The van der Waals surface area contributed by atoms with E-state index in [4.69, 9.17) is 0 Å². The van der Waals surface area contributed by atoms with Crippen LogP contribution in [-0.4, -0.2) is 24.8 Å². The van der Waals surface area contributed by atoms with Crippen molar-refractivity contribution in [3.63, 3.8) is 0 Å². The quantitative estimate of drug-likeness (QED) is 0.632. The highest BCUT2D eigenvalue weighted by atomic mass is 15.1. The number of rotatable bonds is 5. The average molecular weight is 307 g/mol. The number of fused-ring (bicyclic) bond motifs is 1. The summed E-state index contributed by atoms with van der Waals surface area (Å²) in [5.74, 6) is 0. The molecular formula is C20H25N3. The van der Waals surface area contributed by atoms with Crippen LogP contribution in [-0.2, 0) is 12.8 Å². The second-order valence-electron chi connectivity index (χ2n) is 6.25. The van der Waals surface area contributed by atoms with Crippen LogP contribution >= 0.6 is 0 Å². The molecule has 0 aromatic heterocycles. The van der Waals surface area contributed by atoms with E-state index in [2.05, 4.69) is 72.5 Å². The molecule has 0 atom stereocenters. The third-order valence-corrected chi connectivity index (χ3v) is 4.48. The van der Waals surface area contributed by atoms with E-state index < -0.39 is 0 Å². The van der Waals surface area contributed by atoms with Crippen molar-refractivity contribution in [3.8, 4) is 0 Å². The minimum absolute atomic E-state index is 0.971. The molecule has 0 amide bonds. The van der Waals surface area contributed by atoms with Gasteiger partial charge < -0.3 is 10.2 Å². The third-order valence-electron chi connectivity index (χ3n) is 4.48. The Balaban J connectivity index is 1.87. The fourth-order valence-corrected chi connectivity index (χ4v) is 2.96. The summed E-state index contributed by atoms with van der Waals surface area (Å²) in [6.07, 6.45) is 5.41. The number of nitrogens with zero attached hydrogens (tertiary/aromatic N) is 2. The van der Waals surface area contributed by atoms with E-state index in [0.29, 0.717) is 0 Å². The highest BCUT2D eigenvalue weighted by Gasteiger charge is 2.18. The third kappa shape index (κ3) is 3.55. The van der Waals surface area contributed by atoms with Gasteiger partial charge in [-0.15, -0.1) is 0 Å². The summed E-state index contributed by atoms with van der Waals surface area (Å²) in [7, 11) is 2.05. The Hall–Kier alpha value is -2.29. The molecule has 0 unspecified atom stereocenters. The Labute approximate surface area is 139 Å². The van der Waals surface area contributed by atoms with Gasteiger partial charge in [0.15, 0.2) is 0 Å². The minimum atomic E-state index is 0.971. The van der Waals surface area contributed by atoms with Crippen LogP contribution in [0.3, 0.4) is 0 Å². The molecule has 1 aliphatic carbocycles. The zero-order valence-electron chi connectivity index (χ0n) is 14.3. The van der Waals surface area contributed by atoms with Gasteiger partial charge in [0, 0.05) is 25.0 Å². The van der Waals surface area contributed by atoms with E-state index in [1.165, 1.54) is 28.8 Å². The molecule has 2 aromatic carbocycles. The van der Waals surface area contributed by atoms with Crippen molar-refractivity contribution in [2.45, 2.75) is 33.1 Å². The van der Waals surface area contributed by atoms with E-state index in [1.807, 2.05) is 6.34 Å². The van der Waals surface area contributed by atoms with E-state index in [0.717, 1.165) is 30.8 Å². The van der Waals surface area contributed by atoms with Gasteiger partial charge in [0.05, 0.1) is 12.0 Å². The van der Waals surface area contributed by atoms with E-state index in [1.54, 1.807) is 0 Å². The van der Waals surface area contributed by atoms with Crippen molar-refractivity contribution in [3.05, 3.63) is 53.1 Å². The molecule has 3 heteroatoms. The number of nitrogens with one attached hydrogen (secondary N) is 1. The number of anilines is 2. The summed E-state index contributed by atoms with van der Waals surface area (Å²) < 4.78 is 0. The summed E-state index contributed by atoms with van der Waals surface area (Å²) in [5.41, 5.74) is 7.61. The van der Waals surface area contributed by atoms with Crippen molar-refractivity contribution in [1.29, 1.82) is 0 Å². The van der Waals surface area contributed by atoms with Crippen LogP contribution in [0.15, 0.2) is 41.4 Å². The Bertz CT molecular complexity index is 702. The predicted octanol–water partition coefficient (Wildman–Crippen LogP) is 4.84. The smallest absolute Gasteiger partial charge is 0.0909 e. The summed E-state index contributed by atoms with van der Waals surface area (Å²) in [4.78, 5) is 6.78. The van der Waals surface area contributed by atoms with Gasteiger partial charge in [0.1, 0.15) is 0 Å². The first-order valence-electron chi connectivity index (χ1n) is 8.40. The van der Waals surface area contributed by atoms with Crippen LogP contribution < -0.4 is 5.32 Å². The molecule has 120 valence electrons. The lowest BCUT2D eigenvalue weighted by atomic mass is 10.1. The summed E-state index contributed by atoms with van der Waals surface area (Å²) in [6, 6.07) is 12.9. The molecule has 0 spiro atoms. The Kier molecular flexibility index (Phi) is 4.65. The lowest BCUT2D eigenvalue weighted by Gasteiger charge is -2.14. The molecule has 23 heavy (non-hydrogen) atoms. The van der Waals surface area contributed by atoms with Gasteiger partial charge in [-0.1, -0.05) is 17.7 Å². The lowest BCUT2D eigenvalue weighted by Crippen LogP contribution is -2.14. The normalized spacial score (nSPS) is 13.3. The van der Waals surface area contributed by atoms with E-state index in [-0.39, 0.29) is 0 Å². The van der Waals surface area contributed by atoms with Gasteiger partial charge in [-0.05, 0) is 68.5 Å². The molecule has 0 fully saturated rings. The monoisotopic (exact) mass is 307 g/mol. The number of hydrogen-bond donors (Lipinski definition) is 1. The first kappa shape index (κ1) is 15.6. The maximum absolute atomic E-state index is 4.68. The molecule has 0 saturated carbocycles. The molecule has 3 rings (SSSR count). The van der Waals surface area contributed by atoms with Crippen LogP contribution in [0.5, 0.6) is 0 Å². The van der Waals surface area contributed by atoms with Gasteiger partial charge >= 0.3 is 0 Å². The van der Waals surface area contributed by atoms with Crippen molar-refractivity contribution in [2.24, 2.45) is 4.99 Å². The molecular weight excluding hydrogens is 282 g/mol. The Morgan fingerprint density at radius 2 is 1.83 bits per heavy atom. The van der Waals surface area contributed by atoms with Gasteiger partial charge in [-0.25, -0.2) is 4.99 Å². The molecule has 2 aromatic rings. The fourth-order valence-electron chi connectivity index (χ4n) is 2.96. The molecule has 0 heterocycles. The number of hydrogen-bond acceptors (Lipinski definition) is 2. The van der Waals surface area contributed by atoms with Crippen molar-refractivity contribution in [1.82, 2.24) is 4.90 Å². The van der Waals surface area contributed by atoms with Gasteiger partial charge in [0.2, 0.25) is 0 Å². The standard InChI is InChI=1S/C20H25N3/c1-4-23(3)14-21-19-12-13-20(18-7-5-6-17(18)19)22-16-10-8-15(2)9-11-16/h8-14,22H,4-7H2,1-3H3. The van der Waals surface area contributed by atoms with Gasteiger partial charge in [0.25, 0.3) is 0 Å². The van der Waals surface area contributed by atoms with Gasteiger partial charge in [-0.2, -0.15) is 0 Å². The lowest BCUT2D eigenvalue weighted by molar-refractivity contribution is 0.552. The fraction of sp³-hybridized carbons (Fsp3) is 0.350. The number of aliphatic imine (C=N–C) groups is 1. The zero-order valence-corrected chi connectivity index (χ0v) is 14.3. The van der Waals surface area contributed by atoms with Crippen LogP contribution in [0.2, 0.25) is 0 Å². The number of aryl methyl sites for hydroxylation is 1. The number of benzene rings is 2. The van der Waals surface area contributed by atoms with Crippen LogP contribution in [0.1, 0.15) is 30.0 Å². The molecule has 0 aliphatic heterocycles. The second-order valence-corrected chi connectivity index (χ2v) is 6.25. The molecule has 1 aliphatic rings. The first-order valence-corrected chi connectivity index (χ1v) is 8.40. The van der Waals surface area contributed by atoms with Crippen molar-refractivity contribution >= 4 is 23.4 Å².